The molecular weight excluding hydrogens is 306 g/mol. The highest BCUT2D eigenvalue weighted by atomic mass is 32.1. The monoisotopic (exact) mass is 319 g/mol. The van der Waals surface area contributed by atoms with Gasteiger partial charge in [0.25, 0.3) is 0 Å². The average molecular weight is 319 g/mol. The molecule has 0 fully saturated rings. The zero-order valence-corrected chi connectivity index (χ0v) is 13.0. The third-order valence-electron chi connectivity index (χ3n) is 3.71. The summed E-state index contributed by atoms with van der Waals surface area (Å²) in [5.74, 6) is 0.0975. The van der Waals surface area contributed by atoms with Gasteiger partial charge < -0.3 is 0 Å². The molecule has 3 aromatic heterocycles. The Morgan fingerprint density at radius 1 is 1.17 bits per heavy atom. The van der Waals surface area contributed by atoms with Crippen LogP contribution >= 0.6 is 11.3 Å². The summed E-state index contributed by atoms with van der Waals surface area (Å²) in [5.41, 5.74) is 3.54. The van der Waals surface area contributed by atoms with E-state index in [9.17, 15) is 4.79 Å². The Bertz CT molecular complexity index is 972. The number of fused-ring (bicyclic) bond motifs is 1. The molecule has 0 aliphatic carbocycles. The smallest absolute Gasteiger partial charge is 0.168 e. The summed E-state index contributed by atoms with van der Waals surface area (Å²) in [6.45, 7) is 0. The number of thiophene rings is 1. The van der Waals surface area contributed by atoms with Crippen molar-refractivity contribution in [2.75, 3.05) is 0 Å². The maximum Gasteiger partial charge on any atom is 0.168 e. The Balaban J connectivity index is 1.63. The third kappa shape index (κ3) is 2.66. The lowest BCUT2D eigenvalue weighted by Gasteiger charge is -1.98. The fraction of sp³-hybridized carbons (Fsp3) is 0.0556. The fourth-order valence-corrected chi connectivity index (χ4v) is 3.46. The van der Waals surface area contributed by atoms with Crippen LogP contribution in [0.1, 0.15) is 15.9 Å². The van der Waals surface area contributed by atoms with Gasteiger partial charge >= 0.3 is 0 Å². The highest BCUT2D eigenvalue weighted by molar-refractivity contribution is 7.14. The Morgan fingerprint density at radius 3 is 2.96 bits per heavy atom. The number of rotatable bonds is 4. The van der Waals surface area contributed by atoms with Crippen LogP contribution in [0.15, 0.2) is 60.2 Å². The number of para-hydroxylation sites is 1. The van der Waals surface area contributed by atoms with E-state index in [4.69, 9.17) is 0 Å². The largest absolute Gasteiger partial charge is 0.294 e. The minimum Gasteiger partial charge on any atom is -0.294 e. The molecule has 0 saturated carbocycles. The first-order chi connectivity index (χ1) is 11.3. The van der Waals surface area contributed by atoms with E-state index in [2.05, 4.69) is 15.2 Å². The number of nitrogens with zero attached hydrogens (tertiary/aromatic N) is 2. The second-order valence-electron chi connectivity index (χ2n) is 5.28. The lowest BCUT2D eigenvalue weighted by Crippen LogP contribution is -2.02. The molecule has 4 nitrogen and oxygen atoms in total. The van der Waals surface area contributed by atoms with Gasteiger partial charge in [-0.15, -0.1) is 11.3 Å². The zero-order chi connectivity index (χ0) is 15.6. The Labute approximate surface area is 136 Å². The number of hydrogen-bond donors (Lipinski definition) is 1. The summed E-state index contributed by atoms with van der Waals surface area (Å²) in [4.78, 5) is 17.5. The van der Waals surface area contributed by atoms with Crippen LogP contribution in [-0.2, 0) is 6.42 Å². The molecule has 4 rings (SSSR count). The highest BCUT2D eigenvalue weighted by Gasteiger charge is 2.14. The summed E-state index contributed by atoms with van der Waals surface area (Å²) in [7, 11) is 0. The van der Waals surface area contributed by atoms with Crippen LogP contribution in [-0.4, -0.2) is 21.0 Å². The molecule has 0 saturated heterocycles. The first kappa shape index (κ1) is 13.8. The van der Waals surface area contributed by atoms with Gasteiger partial charge in [-0.05, 0) is 23.8 Å². The Hall–Kier alpha value is -2.79. The SMILES string of the molecule is O=C(Cc1cccnc1)c1csc(-c2n[nH]c3ccccc23)c1. The molecule has 0 aliphatic heterocycles. The van der Waals surface area contributed by atoms with E-state index in [1.807, 2.05) is 47.8 Å². The molecule has 0 bridgehead atoms. The number of benzene rings is 1. The highest BCUT2D eigenvalue weighted by Crippen LogP contribution is 2.31. The zero-order valence-electron chi connectivity index (χ0n) is 12.2. The average Bonchev–Trinajstić information content (AvgIpc) is 3.22. The van der Waals surface area contributed by atoms with Crippen molar-refractivity contribution >= 4 is 28.0 Å². The summed E-state index contributed by atoms with van der Waals surface area (Å²) < 4.78 is 0. The molecule has 1 N–H and O–H groups in total. The van der Waals surface area contributed by atoms with Gasteiger partial charge in [-0.2, -0.15) is 5.10 Å². The number of nitrogens with one attached hydrogen (secondary N) is 1. The van der Waals surface area contributed by atoms with Gasteiger partial charge in [0.05, 0.1) is 10.4 Å². The van der Waals surface area contributed by atoms with Crippen LogP contribution in [0.5, 0.6) is 0 Å². The number of hydrogen-bond acceptors (Lipinski definition) is 4. The van der Waals surface area contributed by atoms with Crippen molar-refractivity contribution in [3.8, 4) is 10.6 Å². The van der Waals surface area contributed by atoms with Crippen molar-refractivity contribution in [3.63, 3.8) is 0 Å². The topological polar surface area (TPSA) is 58.6 Å². The molecule has 0 atom stereocenters. The first-order valence-electron chi connectivity index (χ1n) is 7.25. The molecule has 0 unspecified atom stereocenters. The molecule has 3 heterocycles. The molecule has 0 aliphatic rings. The van der Waals surface area contributed by atoms with Crippen molar-refractivity contribution < 1.29 is 4.79 Å². The number of aromatic nitrogens is 3. The predicted octanol–water partition coefficient (Wildman–Crippen LogP) is 4.11. The van der Waals surface area contributed by atoms with Gasteiger partial charge in [0.2, 0.25) is 0 Å². The third-order valence-corrected chi connectivity index (χ3v) is 4.65. The van der Waals surface area contributed by atoms with E-state index >= 15 is 0 Å². The lowest BCUT2D eigenvalue weighted by molar-refractivity contribution is 0.0993. The minimum absolute atomic E-state index is 0.0975. The lowest BCUT2D eigenvalue weighted by atomic mass is 10.1. The predicted molar refractivity (Wildman–Crippen MR) is 91.7 cm³/mol. The van der Waals surface area contributed by atoms with Crippen LogP contribution in [0.25, 0.3) is 21.5 Å². The molecular formula is C18H13N3OS. The normalized spacial score (nSPS) is 11.0. The van der Waals surface area contributed by atoms with Crippen molar-refractivity contribution in [2.24, 2.45) is 0 Å². The van der Waals surface area contributed by atoms with Gasteiger partial charge in [0, 0.05) is 35.1 Å². The Kier molecular flexibility index (Phi) is 3.48. The molecule has 1 aromatic carbocycles. The van der Waals surface area contributed by atoms with Crippen LogP contribution in [0.2, 0.25) is 0 Å². The van der Waals surface area contributed by atoms with Crippen LogP contribution in [0.3, 0.4) is 0 Å². The maximum absolute atomic E-state index is 12.4. The van der Waals surface area contributed by atoms with Crippen molar-refractivity contribution in [3.05, 3.63) is 71.4 Å². The second kappa shape index (κ2) is 5.78. The Morgan fingerprint density at radius 2 is 2.09 bits per heavy atom. The number of ketones is 1. The summed E-state index contributed by atoms with van der Waals surface area (Å²) >= 11 is 1.54. The molecule has 0 radical (unpaired) electrons. The first-order valence-corrected chi connectivity index (χ1v) is 8.13. The summed E-state index contributed by atoms with van der Waals surface area (Å²) in [6.07, 6.45) is 3.80. The van der Waals surface area contributed by atoms with E-state index in [1.165, 1.54) is 0 Å². The number of aromatic amines is 1. The molecule has 0 amide bonds. The molecule has 112 valence electrons. The second-order valence-corrected chi connectivity index (χ2v) is 6.19. The fourth-order valence-electron chi connectivity index (χ4n) is 2.55. The standard InChI is InChI=1S/C18H13N3OS/c22-16(8-12-4-3-7-19-10-12)13-9-17(23-11-13)18-14-5-1-2-6-15(14)20-21-18/h1-7,9-11H,8H2,(H,20,21). The molecule has 23 heavy (non-hydrogen) atoms. The van der Waals surface area contributed by atoms with Gasteiger partial charge in [-0.25, -0.2) is 0 Å². The van der Waals surface area contributed by atoms with E-state index in [-0.39, 0.29) is 5.78 Å². The number of H-pyrrole nitrogens is 1. The van der Waals surface area contributed by atoms with Gasteiger partial charge in [-0.1, -0.05) is 24.3 Å². The van der Waals surface area contributed by atoms with E-state index in [1.54, 1.807) is 23.7 Å². The van der Waals surface area contributed by atoms with Crippen LogP contribution in [0, 0.1) is 0 Å². The minimum atomic E-state index is 0.0975. The molecule has 0 spiro atoms. The van der Waals surface area contributed by atoms with Gasteiger partial charge in [0.15, 0.2) is 5.78 Å². The number of pyridine rings is 1. The van der Waals surface area contributed by atoms with Gasteiger partial charge in [-0.3, -0.25) is 14.9 Å². The van der Waals surface area contributed by atoms with Crippen molar-refractivity contribution in [1.82, 2.24) is 15.2 Å². The summed E-state index contributed by atoms with van der Waals surface area (Å²) in [6, 6.07) is 13.7. The van der Waals surface area contributed by atoms with Crippen molar-refractivity contribution in [1.29, 1.82) is 0 Å². The molecule has 4 aromatic rings. The van der Waals surface area contributed by atoms with E-state index < -0.39 is 0 Å². The van der Waals surface area contributed by atoms with E-state index in [0.717, 1.165) is 32.6 Å². The maximum atomic E-state index is 12.4. The van der Waals surface area contributed by atoms with Crippen molar-refractivity contribution in [2.45, 2.75) is 6.42 Å². The number of carbonyl (C=O) groups excluding carboxylic acids is 1. The number of carbonyl (C=O) groups is 1. The summed E-state index contributed by atoms with van der Waals surface area (Å²) in [5, 5.41) is 10.4. The molecule has 5 heteroatoms. The van der Waals surface area contributed by atoms with Crippen LogP contribution in [0.4, 0.5) is 0 Å². The number of Topliss-reactive ketones (excluding diaryl/α,β-unsaturated/α-hetero) is 1. The van der Waals surface area contributed by atoms with Crippen LogP contribution < -0.4 is 0 Å². The van der Waals surface area contributed by atoms with Gasteiger partial charge in [0.1, 0.15) is 5.69 Å². The quantitative estimate of drug-likeness (QED) is 0.576. The van der Waals surface area contributed by atoms with E-state index in [0.29, 0.717) is 6.42 Å².